The lowest BCUT2D eigenvalue weighted by Gasteiger charge is -2.17. The number of nitriles is 1. The lowest BCUT2D eigenvalue weighted by molar-refractivity contribution is -0.112. The molecule has 1 saturated carbocycles. The van der Waals surface area contributed by atoms with Gasteiger partial charge in [-0.3, -0.25) is 4.79 Å². The van der Waals surface area contributed by atoms with Gasteiger partial charge in [-0.1, -0.05) is 31.0 Å². The Bertz CT molecular complexity index is 834. The molecular formula is C21H23N3O. The van der Waals surface area contributed by atoms with Crippen LogP contribution in [0.5, 0.6) is 0 Å². The summed E-state index contributed by atoms with van der Waals surface area (Å²) in [5.41, 5.74) is 4.07. The van der Waals surface area contributed by atoms with Crippen molar-refractivity contribution in [2.45, 2.75) is 45.6 Å². The Balaban J connectivity index is 1.86. The van der Waals surface area contributed by atoms with E-state index in [2.05, 4.69) is 29.8 Å². The number of para-hydroxylation sites is 1. The molecule has 1 heterocycles. The first kappa shape index (κ1) is 17.0. The number of nitrogens with zero attached hydrogens (tertiary/aromatic N) is 2. The molecular weight excluding hydrogens is 310 g/mol. The van der Waals surface area contributed by atoms with Crippen LogP contribution in [0, 0.1) is 25.2 Å². The van der Waals surface area contributed by atoms with Crippen molar-refractivity contribution < 1.29 is 4.79 Å². The van der Waals surface area contributed by atoms with Crippen LogP contribution in [0.2, 0.25) is 0 Å². The molecule has 0 radical (unpaired) electrons. The first-order valence-electron chi connectivity index (χ1n) is 8.77. The van der Waals surface area contributed by atoms with E-state index in [0.29, 0.717) is 11.7 Å². The molecule has 0 atom stereocenters. The van der Waals surface area contributed by atoms with Gasteiger partial charge in [0.1, 0.15) is 11.6 Å². The molecule has 1 aliphatic rings. The van der Waals surface area contributed by atoms with E-state index in [1.54, 1.807) is 18.2 Å². The SMILES string of the molecule is Cc1cc(/C=C(/C#N)C(=O)Nc2ccccc2)c(C)n1C1CCCC1. The fraction of sp³-hybridized carbons (Fsp3) is 0.333. The number of carbonyl (C=O) groups excluding carboxylic acids is 1. The number of aryl methyl sites for hydroxylation is 1. The third-order valence-electron chi connectivity index (χ3n) is 4.91. The Kier molecular flexibility index (Phi) is 5.04. The average Bonchev–Trinajstić information content (AvgIpc) is 3.21. The molecule has 1 fully saturated rings. The third kappa shape index (κ3) is 3.66. The van der Waals surface area contributed by atoms with Crippen LogP contribution < -0.4 is 5.32 Å². The molecule has 1 aromatic heterocycles. The highest BCUT2D eigenvalue weighted by molar-refractivity contribution is 6.09. The molecule has 128 valence electrons. The molecule has 0 unspecified atom stereocenters. The standard InChI is InChI=1S/C21H23N3O/c1-15-12-17(16(2)24(15)20-10-6-7-11-20)13-18(14-22)21(25)23-19-8-4-3-5-9-19/h3-5,8-9,12-13,20H,6-7,10-11H2,1-2H3,(H,23,25)/b18-13-. The van der Waals surface area contributed by atoms with E-state index in [1.165, 1.54) is 31.4 Å². The minimum Gasteiger partial charge on any atom is -0.346 e. The number of anilines is 1. The number of nitrogens with one attached hydrogen (secondary N) is 1. The van der Waals surface area contributed by atoms with Crippen LogP contribution in [0.25, 0.3) is 6.08 Å². The number of hydrogen-bond donors (Lipinski definition) is 1. The molecule has 0 spiro atoms. The second-order valence-corrected chi connectivity index (χ2v) is 6.62. The van der Waals surface area contributed by atoms with Gasteiger partial charge in [-0.15, -0.1) is 0 Å². The number of hydrogen-bond acceptors (Lipinski definition) is 2. The Morgan fingerprint density at radius 1 is 1.24 bits per heavy atom. The summed E-state index contributed by atoms with van der Waals surface area (Å²) < 4.78 is 2.36. The first-order valence-corrected chi connectivity index (χ1v) is 8.77. The van der Waals surface area contributed by atoms with E-state index >= 15 is 0 Å². The fourth-order valence-corrected chi connectivity index (χ4v) is 3.70. The lowest BCUT2D eigenvalue weighted by atomic mass is 10.1. The van der Waals surface area contributed by atoms with Crippen LogP contribution >= 0.6 is 0 Å². The Hall–Kier alpha value is -2.80. The van der Waals surface area contributed by atoms with E-state index in [9.17, 15) is 10.1 Å². The maximum absolute atomic E-state index is 12.4. The van der Waals surface area contributed by atoms with Crippen LogP contribution in [0.3, 0.4) is 0 Å². The molecule has 3 rings (SSSR count). The van der Waals surface area contributed by atoms with Crippen molar-refractivity contribution in [3.63, 3.8) is 0 Å². The van der Waals surface area contributed by atoms with Gasteiger partial charge in [-0.25, -0.2) is 0 Å². The number of carbonyl (C=O) groups is 1. The molecule has 4 heteroatoms. The molecule has 4 nitrogen and oxygen atoms in total. The van der Waals surface area contributed by atoms with Gasteiger partial charge in [0.2, 0.25) is 0 Å². The highest BCUT2D eigenvalue weighted by Gasteiger charge is 2.21. The number of benzene rings is 1. The van der Waals surface area contributed by atoms with Gasteiger partial charge in [0.25, 0.3) is 5.91 Å². The minimum atomic E-state index is -0.376. The largest absolute Gasteiger partial charge is 0.346 e. The summed E-state index contributed by atoms with van der Waals surface area (Å²) in [5.74, 6) is -0.376. The Morgan fingerprint density at radius 3 is 2.56 bits per heavy atom. The summed E-state index contributed by atoms with van der Waals surface area (Å²) in [5, 5.41) is 12.2. The van der Waals surface area contributed by atoms with Crippen LogP contribution in [0.1, 0.15) is 48.7 Å². The van der Waals surface area contributed by atoms with E-state index in [-0.39, 0.29) is 11.5 Å². The van der Waals surface area contributed by atoms with Crippen molar-refractivity contribution in [3.05, 3.63) is 58.9 Å². The molecule has 2 aromatic rings. The molecule has 25 heavy (non-hydrogen) atoms. The molecule has 0 saturated heterocycles. The monoisotopic (exact) mass is 333 g/mol. The maximum Gasteiger partial charge on any atom is 0.266 e. The average molecular weight is 333 g/mol. The highest BCUT2D eigenvalue weighted by atomic mass is 16.1. The van der Waals surface area contributed by atoms with Crippen LogP contribution in [-0.2, 0) is 4.79 Å². The van der Waals surface area contributed by atoms with E-state index in [1.807, 2.05) is 24.3 Å². The Morgan fingerprint density at radius 2 is 1.92 bits per heavy atom. The zero-order valence-corrected chi connectivity index (χ0v) is 14.7. The molecule has 1 aromatic carbocycles. The van der Waals surface area contributed by atoms with E-state index in [4.69, 9.17) is 0 Å². The summed E-state index contributed by atoms with van der Waals surface area (Å²) in [6, 6.07) is 13.8. The smallest absolute Gasteiger partial charge is 0.266 e. The zero-order valence-electron chi connectivity index (χ0n) is 14.7. The van der Waals surface area contributed by atoms with Gasteiger partial charge in [-0.05, 0) is 56.5 Å². The van der Waals surface area contributed by atoms with Crippen LogP contribution in [-0.4, -0.2) is 10.5 Å². The lowest BCUT2D eigenvalue weighted by Crippen LogP contribution is -2.13. The van der Waals surface area contributed by atoms with Gasteiger partial charge >= 0.3 is 0 Å². The van der Waals surface area contributed by atoms with Crippen molar-refractivity contribution in [1.29, 1.82) is 5.26 Å². The Labute approximate surface area is 148 Å². The van der Waals surface area contributed by atoms with Crippen LogP contribution in [0.4, 0.5) is 5.69 Å². The van der Waals surface area contributed by atoms with Gasteiger partial charge < -0.3 is 9.88 Å². The molecule has 1 amide bonds. The van der Waals surface area contributed by atoms with Gasteiger partial charge in [0, 0.05) is 23.1 Å². The van der Waals surface area contributed by atoms with Crippen molar-refractivity contribution in [2.24, 2.45) is 0 Å². The summed E-state index contributed by atoms with van der Waals surface area (Å²) in [6.07, 6.45) is 6.66. The maximum atomic E-state index is 12.4. The van der Waals surface area contributed by atoms with Gasteiger partial charge in [-0.2, -0.15) is 5.26 Å². The summed E-state index contributed by atoms with van der Waals surface area (Å²) >= 11 is 0. The number of aromatic nitrogens is 1. The molecule has 1 N–H and O–H groups in total. The predicted octanol–water partition coefficient (Wildman–Crippen LogP) is 4.77. The molecule has 0 bridgehead atoms. The van der Waals surface area contributed by atoms with Crippen molar-refractivity contribution >= 4 is 17.7 Å². The third-order valence-corrected chi connectivity index (χ3v) is 4.91. The summed E-state index contributed by atoms with van der Waals surface area (Å²) in [4.78, 5) is 12.4. The highest BCUT2D eigenvalue weighted by Crippen LogP contribution is 2.33. The van der Waals surface area contributed by atoms with E-state index < -0.39 is 0 Å². The zero-order chi connectivity index (χ0) is 17.8. The fourth-order valence-electron chi connectivity index (χ4n) is 3.70. The summed E-state index contributed by atoms with van der Waals surface area (Å²) in [6.45, 7) is 4.17. The van der Waals surface area contributed by atoms with Crippen molar-refractivity contribution in [2.75, 3.05) is 5.32 Å². The van der Waals surface area contributed by atoms with Crippen molar-refractivity contribution in [3.8, 4) is 6.07 Å². The van der Waals surface area contributed by atoms with Crippen LogP contribution in [0.15, 0.2) is 42.0 Å². The van der Waals surface area contributed by atoms with Gasteiger partial charge in [0.05, 0.1) is 0 Å². The van der Waals surface area contributed by atoms with E-state index in [0.717, 1.165) is 11.3 Å². The second-order valence-electron chi connectivity index (χ2n) is 6.62. The predicted molar refractivity (Wildman–Crippen MR) is 100 cm³/mol. The first-order chi connectivity index (χ1) is 12.1. The normalized spacial score (nSPS) is 15.2. The minimum absolute atomic E-state index is 0.121. The number of rotatable bonds is 4. The van der Waals surface area contributed by atoms with Crippen molar-refractivity contribution in [1.82, 2.24) is 4.57 Å². The molecule has 1 aliphatic carbocycles. The topological polar surface area (TPSA) is 57.8 Å². The van der Waals surface area contributed by atoms with Gasteiger partial charge in [0.15, 0.2) is 0 Å². The summed E-state index contributed by atoms with van der Waals surface area (Å²) in [7, 11) is 0. The second kappa shape index (κ2) is 7.40. The number of amides is 1. The quantitative estimate of drug-likeness (QED) is 0.647. The molecule has 0 aliphatic heterocycles.